The predicted octanol–water partition coefficient (Wildman–Crippen LogP) is 3.14. The van der Waals surface area contributed by atoms with E-state index in [0.717, 1.165) is 0 Å². The van der Waals surface area contributed by atoms with E-state index in [4.69, 9.17) is 30.5 Å². The average Bonchev–Trinajstić information content (AvgIpc) is 2.82. The monoisotopic (exact) mass is 493 g/mol. The Bertz CT molecular complexity index is 1020. The van der Waals surface area contributed by atoms with Gasteiger partial charge >= 0.3 is 11.9 Å². The number of esters is 2. The van der Waals surface area contributed by atoms with Crippen LogP contribution in [0.15, 0.2) is 30.6 Å². The normalized spacial score (nSPS) is 12.4. The van der Waals surface area contributed by atoms with Crippen LogP contribution in [0.4, 0.5) is 0 Å². The molecule has 2 unspecified atom stereocenters. The Morgan fingerprint density at radius 2 is 1.76 bits per heavy atom. The zero-order chi connectivity index (χ0) is 25.3. The topological polar surface area (TPSA) is 126 Å². The minimum atomic E-state index is -0.987. The molecule has 0 saturated carbocycles. The van der Waals surface area contributed by atoms with Gasteiger partial charge in [0, 0.05) is 24.4 Å². The first-order valence-electron chi connectivity index (χ1n) is 10.6. The van der Waals surface area contributed by atoms with Gasteiger partial charge in [-0.15, -0.1) is 0 Å². The van der Waals surface area contributed by atoms with Crippen molar-refractivity contribution < 1.29 is 33.3 Å². The number of rotatable bonds is 11. The van der Waals surface area contributed by atoms with Gasteiger partial charge in [0.2, 0.25) is 6.79 Å². The number of carbonyl (C=O) groups is 3. The highest BCUT2D eigenvalue weighted by Gasteiger charge is 2.25. The number of halogens is 1. The fourth-order valence-corrected chi connectivity index (χ4v) is 3.01. The zero-order valence-electron chi connectivity index (χ0n) is 19.7. The molecule has 1 amide bonds. The van der Waals surface area contributed by atoms with Gasteiger partial charge in [0.1, 0.15) is 6.04 Å². The number of nitrogens with one attached hydrogen (secondary N) is 1. The van der Waals surface area contributed by atoms with Crippen molar-refractivity contribution in [2.75, 3.05) is 20.5 Å². The van der Waals surface area contributed by atoms with Crippen LogP contribution < -0.4 is 14.8 Å². The van der Waals surface area contributed by atoms with Crippen molar-refractivity contribution in [1.82, 2.24) is 15.3 Å². The summed E-state index contributed by atoms with van der Waals surface area (Å²) in [6, 6.07) is 3.91. The minimum Gasteiger partial charge on any atom is -0.493 e. The number of hydrogen-bond donors (Lipinski definition) is 1. The molecule has 184 valence electrons. The van der Waals surface area contributed by atoms with Crippen LogP contribution >= 0.6 is 11.6 Å². The van der Waals surface area contributed by atoms with Crippen LogP contribution in [0.5, 0.6) is 11.5 Å². The second-order valence-electron chi connectivity index (χ2n) is 7.67. The Morgan fingerprint density at radius 3 is 2.41 bits per heavy atom. The molecule has 0 saturated heterocycles. The third-order valence-electron chi connectivity index (χ3n) is 4.61. The molecular weight excluding hydrogens is 466 g/mol. The van der Waals surface area contributed by atoms with E-state index in [2.05, 4.69) is 15.3 Å². The first kappa shape index (κ1) is 26.8. The summed E-state index contributed by atoms with van der Waals surface area (Å²) in [7, 11) is 1.39. The van der Waals surface area contributed by atoms with Crippen molar-refractivity contribution in [2.24, 2.45) is 5.92 Å². The summed E-state index contributed by atoms with van der Waals surface area (Å²) in [4.78, 5) is 45.1. The molecule has 0 aliphatic heterocycles. The molecule has 11 heteroatoms. The van der Waals surface area contributed by atoms with Crippen LogP contribution in [0.3, 0.4) is 0 Å². The molecule has 0 fully saturated rings. The molecule has 2 aromatic rings. The molecule has 2 atom stereocenters. The number of pyridine rings is 2. The molecule has 2 rings (SSSR count). The van der Waals surface area contributed by atoms with Crippen LogP contribution in [-0.4, -0.2) is 54.4 Å². The standard InChI is InChI=1S/C23H28ClN3O7/c1-13(2)22(29)34-12-33-20-17(31-5)8-10-26-19(20)21(28)27-15(4)23(30)32-11-14(3)18-16(24)7-6-9-25-18/h6-10,13-15H,11-12H2,1-5H3,(H,27,28). The van der Waals surface area contributed by atoms with Crippen molar-refractivity contribution in [2.45, 2.75) is 39.7 Å². The van der Waals surface area contributed by atoms with E-state index in [1.165, 1.54) is 26.3 Å². The van der Waals surface area contributed by atoms with Crippen molar-refractivity contribution >= 4 is 29.4 Å². The highest BCUT2D eigenvalue weighted by molar-refractivity contribution is 6.31. The Hall–Kier alpha value is -3.40. The Labute approximate surface area is 202 Å². The lowest BCUT2D eigenvalue weighted by atomic mass is 10.1. The SMILES string of the molecule is COc1ccnc(C(=O)NC(C)C(=O)OCC(C)c2ncccc2Cl)c1OCOC(=O)C(C)C. The lowest BCUT2D eigenvalue weighted by Crippen LogP contribution is -2.40. The highest BCUT2D eigenvalue weighted by atomic mass is 35.5. The van der Waals surface area contributed by atoms with Crippen molar-refractivity contribution in [3.63, 3.8) is 0 Å². The number of methoxy groups -OCH3 is 1. The molecule has 10 nitrogen and oxygen atoms in total. The first-order valence-corrected chi connectivity index (χ1v) is 10.9. The molecule has 0 aliphatic carbocycles. The summed E-state index contributed by atoms with van der Waals surface area (Å²) >= 11 is 6.13. The van der Waals surface area contributed by atoms with Crippen LogP contribution in [-0.2, 0) is 19.1 Å². The van der Waals surface area contributed by atoms with E-state index in [1.54, 1.807) is 32.2 Å². The molecule has 2 aromatic heterocycles. The lowest BCUT2D eigenvalue weighted by molar-refractivity contribution is -0.154. The molecule has 2 heterocycles. The molecular formula is C23H28ClN3O7. The zero-order valence-corrected chi connectivity index (χ0v) is 20.4. The van der Waals surface area contributed by atoms with Crippen LogP contribution in [0.2, 0.25) is 5.02 Å². The van der Waals surface area contributed by atoms with Gasteiger partial charge in [0.25, 0.3) is 5.91 Å². The first-order chi connectivity index (χ1) is 16.1. The molecule has 0 radical (unpaired) electrons. The molecule has 0 spiro atoms. The number of ether oxygens (including phenoxy) is 4. The summed E-state index contributed by atoms with van der Waals surface area (Å²) < 4.78 is 21.0. The third-order valence-corrected chi connectivity index (χ3v) is 4.93. The number of aromatic nitrogens is 2. The number of hydrogen-bond acceptors (Lipinski definition) is 9. The number of carbonyl (C=O) groups excluding carboxylic acids is 3. The third kappa shape index (κ3) is 7.31. The van der Waals surface area contributed by atoms with Crippen molar-refractivity contribution in [1.29, 1.82) is 0 Å². The smallest absolute Gasteiger partial charge is 0.328 e. The van der Waals surface area contributed by atoms with Crippen LogP contribution in [0.1, 0.15) is 49.8 Å². The molecule has 1 N–H and O–H groups in total. The van der Waals surface area contributed by atoms with E-state index in [9.17, 15) is 14.4 Å². The van der Waals surface area contributed by atoms with Gasteiger partial charge in [-0.2, -0.15) is 0 Å². The van der Waals surface area contributed by atoms with Gasteiger partial charge in [0.05, 0.1) is 30.4 Å². The fraction of sp³-hybridized carbons (Fsp3) is 0.435. The summed E-state index contributed by atoms with van der Waals surface area (Å²) in [5.41, 5.74) is 0.461. The predicted molar refractivity (Wildman–Crippen MR) is 123 cm³/mol. The average molecular weight is 494 g/mol. The van der Waals surface area contributed by atoms with Crippen molar-refractivity contribution in [3.05, 3.63) is 47.0 Å². The highest BCUT2D eigenvalue weighted by Crippen LogP contribution is 2.29. The summed E-state index contributed by atoms with van der Waals surface area (Å²) in [6.07, 6.45) is 2.95. The second kappa shape index (κ2) is 12.7. The summed E-state index contributed by atoms with van der Waals surface area (Å²) in [6.45, 7) is 6.24. The van der Waals surface area contributed by atoms with Gasteiger partial charge < -0.3 is 24.3 Å². The van der Waals surface area contributed by atoms with Crippen LogP contribution in [0.25, 0.3) is 0 Å². The molecule has 0 bridgehead atoms. The quantitative estimate of drug-likeness (QED) is 0.371. The Balaban J connectivity index is 2.01. The largest absolute Gasteiger partial charge is 0.493 e. The fourth-order valence-electron chi connectivity index (χ4n) is 2.70. The Morgan fingerprint density at radius 1 is 1.03 bits per heavy atom. The molecule has 34 heavy (non-hydrogen) atoms. The molecule has 0 aliphatic rings. The number of amides is 1. The van der Waals surface area contributed by atoms with E-state index >= 15 is 0 Å². The minimum absolute atomic E-state index is 0.0296. The van der Waals surface area contributed by atoms with E-state index in [-0.39, 0.29) is 35.6 Å². The van der Waals surface area contributed by atoms with Gasteiger partial charge in [-0.1, -0.05) is 32.4 Å². The molecule has 0 aromatic carbocycles. The van der Waals surface area contributed by atoms with Crippen molar-refractivity contribution in [3.8, 4) is 11.5 Å². The van der Waals surface area contributed by atoms with Gasteiger partial charge in [-0.3, -0.25) is 14.6 Å². The van der Waals surface area contributed by atoms with E-state index in [0.29, 0.717) is 10.7 Å². The van der Waals surface area contributed by atoms with Gasteiger partial charge in [0.15, 0.2) is 17.2 Å². The maximum absolute atomic E-state index is 12.8. The summed E-state index contributed by atoms with van der Waals surface area (Å²) in [5, 5.41) is 2.99. The van der Waals surface area contributed by atoms with Crippen LogP contribution in [0, 0.1) is 5.92 Å². The maximum Gasteiger partial charge on any atom is 0.328 e. The Kier molecular flexibility index (Phi) is 10.1. The van der Waals surface area contributed by atoms with E-state index in [1.807, 2.05) is 6.92 Å². The second-order valence-corrected chi connectivity index (χ2v) is 8.08. The maximum atomic E-state index is 12.8. The summed E-state index contributed by atoms with van der Waals surface area (Å²) in [5.74, 6) is -2.22. The van der Waals surface area contributed by atoms with Gasteiger partial charge in [-0.25, -0.2) is 9.78 Å². The number of nitrogens with zero attached hydrogens (tertiary/aromatic N) is 2. The van der Waals surface area contributed by atoms with E-state index < -0.39 is 30.7 Å². The lowest BCUT2D eigenvalue weighted by Gasteiger charge is -2.18. The van der Waals surface area contributed by atoms with Gasteiger partial charge in [-0.05, 0) is 19.1 Å².